The molecule has 9 nitrogen and oxygen atoms in total. The summed E-state index contributed by atoms with van der Waals surface area (Å²) in [5.74, 6) is 0. The summed E-state index contributed by atoms with van der Waals surface area (Å²) in [5.41, 5.74) is 7.49. The van der Waals surface area contributed by atoms with E-state index in [0.29, 0.717) is 23.4 Å². The molecule has 1 aromatic heterocycles. The first-order valence-corrected chi connectivity index (χ1v) is 9.32. The molecule has 0 bridgehead atoms. The first kappa shape index (κ1) is 20.7. The summed E-state index contributed by atoms with van der Waals surface area (Å²) in [4.78, 5) is 10.3. The smallest absolute Gasteiger partial charge is 0.271 e. The fourth-order valence-electron chi connectivity index (χ4n) is 2.22. The summed E-state index contributed by atoms with van der Waals surface area (Å²) in [6.07, 6.45) is 2.18. The lowest BCUT2D eigenvalue weighted by Gasteiger charge is -2.27. The van der Waals surface area contributed by atoms with E-state index in [2.05, 4.69) is 26.7 Å². The second-order valence-electron chi connectivity index (χ2n) is 6.85. The molecule has 0 saturated heterocycles. The molecule has 10 heteroatoms. The molecule has 0 aliphatic carbocycles. The number of anilines is 1. The highest BCUT2D eigenvalue weighted by atomic mass is 32.2. The van der Waals surface area contributed by atoms with Gasteiger partial charge < -0.3 is 10.3 Å². The van der Waals surface area contributed by atoms with Gasteiger partial charge in [-0.25, -0.2) is 0 Å². The van der Waals surface area contributed by atoms with E-state index in [1.165, 1.54) is 18.2 Å². The van der Waals surface area contributed by atoms with Crippen molar-refractivity contribution in [3.8, 4) is 11.3 Å². The Morgan fingerprint density at radius 3 is 2.63 bits per heavy atom. The lowest BCUT2D eigenvalue weighted by molar-refractivity contribution is -0.384. The molecule has 1 heterocycles. The maximum absolute atomic E-state index is 12.5. The first-order chi connectivity index (χ1) is 12.6. The number of hydrogen-bond donors (Lipinski definition) is 2. The zero-order valence-corrected chi connectivity index (χ0v) is 16.2. The quantitative estimate of drug-likeness (QED) is 0.241. The summed E-state index contributed by atoms with van der Waals surface area (Å²) in [6, 6.07) is 5.43. The highest BCUT2D eigenvalue weighted by Crippen LogP contribution is 2.29. The molecule has 0 saturated carbocycles. The Morgan fingerprint density at radius 2 is 2.07 bits per heavy atom. The third kappa shape index (κ3) is 5.22. The van der Waals surface area contributed by atoms with Crippen LogP contribution < -0.4 is 10.5 Å². The van der Waals surface area contributed by atoms with Crippen LogP contribution in [0.15, 0.2) is 36.9 Å². The first-order valence-electron chi connectivity index (χ1n) is 8.17. The van der Waals surface area contributed by atoms with Crippen LogP contribution in [-0.4, -0.2) is 29.6 Å². The molecule has 27 heavy (non-hydrogen) atoms. The Morgan fingerprint density at radius 1 is 1.37 bits per heavy atom. The number of benzene rings is 1. The third-order valence-electron chi connectivity index (χ3n) is 3.68. The maximum atomic E-state index is 12.5. The molecule has 2 atom stereocenters. The van der Waals surface area contributed by atoms with E-state index in [9.17, 15) is 14.7 Å². The van der Waals surface area contributed by atoms with Gasteiger partial charge in [-0.1, -0.05) is 6.08 Å². The van der Waals surface area contributed by atoms with Gasteiger partial charge in [0.1, 0.15) is 4.75 Å². The van der Waals surface area contributed by atoms with Gasteiger partial charge in [-0.2, -0.15) is 0 Å². The van der Waals surface area contributed by atoms with Crippen LogP contribution in [-0.2, 0) is 11.4 Å². The van der Waals surface area contributed by atoms with Crippen LogP contribution in [0.3, 0.4) is 0 Å². The van der Waals surface area contributed by atoms with Crippen molar-refractivity contribution < 1.29 is 9.48 Å². The molecular weight excluding hydrogens is 368 g/mol. The van der Waals surface area contributed by atoms with Crippen LogP contribution in [0.2, 0.25) is 0 Å². The van der Waals surface area contributed by atoms with E-state index < -0.39 is 21.0 Å². The van der Waals surface area contributed by atoms with Gasteiger partial charge in [-0.15, -0.1) is 21.5 Å². The standard InChI is InChI=1S/C17H22N6O3S/c1-5-6-14(21-27(26)17(2,3)4)16-10-15(19-22-20-16)12-8-7-11(23(24)25)9-13(12)18/h5,7-10,14,21H,1,6,18H2,2-4H3/t14-,27?/m0/s1. The fourth-order valence-corrected chi connectivity index (χ4v) is 3.05. The van der Waals surface area contributed by atoms with Crippen LogP contribution in [0.1, 0.15) is 38.9 Å². The van der Waals surface area contributed by atoms with Gasteiger partial charge in [0.05, 0.1) is 22.4 Å². The molecule has 0 aliphatic heterocycles. The van der Waals surface area contributed by atoms with Crippen molar-refractivity contribution in [3.63, 3.8) is 0 Å². The molecule has 2 aromatic rings. The fraction of sp³-hybridized carbons (Fsp3) is 0.353. The molecule has 0 spiro atoms. The van der Waals surface area contributed by atoms with Crippen molar-refractivity contribution in [1.29, 1.82) is 0 Å². The van der Waals surface area contributed by atoms with Crippen molar-refractivity contribution in [2.45, 2.75) is 38.0 Å². The Labute approximate surface area is 160 Å². The van der Waals surface area contributed by atoms with Crippen molar-refractivity contribution in [1.82, 2.24) is 20.1 Å². The van der Waals surface area contributed by atoms with Crippen LogP contribution in [0.5, 0.6) is 0 Å². The molecular formula is C17H22N6O3S. The highest BCUT2D eigenvalue weighted by Gasteiger charge is 2.30. The highest BCUT2D eigenvalue weighted by molar-refractivity contribution is 7.90. The van der Waals surface area contributed by atoms with E-state index in [1.54, 1.807) is 12.1 Å². The van der Waals surface area contributed by atoms with E-state index in [4.69, 9.17) is 5.73 Å². The zero-order valence-electron chi connectivity index (χ0n) is 15.4. The van der Waals surface area contributed by atoms with Gasteiger partial charge in [0.25, 0.3) is 5.69 Å². The van der Waals surface area contributed by atoms with Gasteiger partial charge in [-0.05, 0) is 44.5 Å². The lowest BCUT2D eigenvalue weighted by atomic mass is 10.1. The van der Waals surface area contributed by atoms with Crippen LogP contribution in [0.25, 0.3) is 11.3 Å². The van der Waals surface area contributed by atoms with Crippen molar-refractivity contribution >= 4 is 22.7 Å². The Balaban J connectivity index is 2.37. The van der Waals surface area contributed by atoms with Gasteiger partial charge in [0.15, 0.2) is 0 Å². The van der Waals surface area contributed by atoms with Gasteiger partial charge >= 0.3 is 0 Å². The summed E-state index contributed by atoms with van der Waals surface area (Å²) in [7, 11) is 0. The molecule has 2 rings (SSSR count). The predicted octanol–water partition coefficient (Wildman–Crippen LogP) is 2.70. The minimum atomic E-state index is -1.32. The van der Waals surface area contributed by atoms with Gasteiger partial charge in [-0.3, -0.25) is 10.1 Å². The largest absolute Gasteiger partial charge is 0.598 e. The van der Waals surface area contributed by atoms with Crippen molar-refractivity contribution in [2.24, 2.45) is 0 Å². The maximum Gasteiger partial charge on any atom is 0.271 e. The number of nitrogens with zero attached hydrogens (tertiary/aromatic N) is 4. The second-order valence-corrected chi connectivity index (χ2v) is 8.85. The molecule has 0 aliphatic rings. The van der Waals surface area contributed by atoms with Gasteiger partial charge in [0, 0.05) is 34.7 Å². The molecule has 0 radical (unpaired) electrons. The van der Waals surface area contributed by atoms with Crippen LogP contribution >= 0.6 is 0 Å². The van der Waals surface area contributed by atoms with Crippen molar-refractivity contribution in [3.05, 3.63) is 52.7 Å². The number of aromatic nitrogens is 3. The topological polar surface area (TPSA) is 143 Å². The lowest BCUT2D eigenvalue weighted by Crippen LogP contribution is -2.41. The number of hydrogen-bond acceptors (Lipinski definition) is 8. The van der Waals surface area contributed by atoms with Crippen molar-refractivity contribution in [2.75, 3.05) is 5.73 Å². The second kappa shape index (κ2) is 8.42. The Hall–Kier alpha value is -2.56. The Kier molecular flexibility index (Phi) is 6.47. The SMILES string of the molecule is C=CC[C@H](N[S+]([O-])C(C)(C)C)c1cc(-c2ccc([N+](=O)[O-])cc2N)nnn1. The predicted molar refractivity (Wildman–Crippen MR) is 105 cm³/mol. The number of nitrogen functional groups attached to an aromatic ring is 1. The summed E-state index contributed by atoms with van der Waals surface area (Å²) < 4.78 is 15.0. The average Bonchev–Trinajstić information content (AvgIpc) is 2.60. The summed E-state index contributed by atoms with van der Waals surface area (Å²) in [6.45, 7) is 9.32. The number of nitrogens with two attached hydrogens (primary N) is 1. The minimum absolute atomic E-state index is 0.106. The summed E-state index contributed by atoms with van der Waals surface area (Å²) in [5, 5.41) is 22.6. The Bertz CT molecular complexity index is 840. The van der Waals surface area contributed by atoms with E-state index in [1.807, 2.05) is 20.8 Å². The minimum Gasteiger partial charge on any atom is -0.598 e. The van der Waals surface area contributed by atoms with E-state index >= 15 is 0 Å². The van der Waals surface area contributed by atoms with Crippen LogP contribution in [0.4, 0.5) is 11.4 Å². The monoisotopic (exact) mass is 390 g/mol. The normalized spacial score (nSPS) is 13.8. The number of rotatable bonds is 7. The number of nitrogens with one attached hydrogen (secondary N) is 1. The molecule has 144 valence electrons. The number of nitro benzene ring substituents is 1. The molecule has 3 N–H and O–H groups in total. The third-order valence-corrected chi connectivity index (χ3v) is 5.30. The molecule has 1 aromatic carbocycles. The molecule has 0 fully saturated rings. The number of nitro groups is 1. The zero-order chi connectivity index (χ0) is 20.2. The number of non-ortho nitro benzene ring substituents is 1. The molecule has 0 amide bonds. The van der Waals surface area contributed by atoms with Gasteiger partial charge in [0.2, 0.25) is 0 Å². The summed E-state index contributed by atoms with van der Waals surface area (Å²) >= 11 is -1.32. The van der Waals surface area contributed by atoms with E-state index in [-0.39, 0.29) is 17.4 Å². The van der Waals surface area contributed by atoms with E-state index in [0.717, 1.165) is 0 Å². The average molecular weight is 390 g/mol. The molecule has 1 unspecified atom stereocenters. The van der Waals surface area contributed by atoms with Crippen LogP contribution in [0, 0.1) is 10.1 Å².